The van der Waals surface area contributed by atoms with Crippen molar-refractivity contribution in [3.05, 3.63) is 40.9 Å². The minimum atomic E-state index is -3.40. The van der Waals surface area contributed by atoms with Crippen molar-refractivity contribution in [1.29, 1.82) is 0 Å². The van der Waals surface area contributed by atoms with Crippen LogP contribution in [0.3, 0.4) is 0 Å². The van der Waals surface area contributed by atoms with Gasteiger partial charge in [0, 0.05) is 6.26 Å². The van der Waals surface area contributed by atoms with Crippen LogP contribution in [0.1, 0.15) is 30.1 Å². The zero-order chi connectivity index (χ0) is 16.3. The molecule has 2 atom stereocenters. The Kier molecular flexibility index (Phi) is 5.29. The average molecular weight is 343 g/mol. The molecule has 1 aromatic rings. The highest BCUT2D eigenvalue weighted by molar-refractivity contribution is 7.90. The minimum Gasteiger partial charge on any atom is -0.462 e. The summed E-state index contributed by atoms with van der Waals surface area (Å²) in [5, 5.41) is 0.189. The van der Waals surface area contributed by atoms with E-state index in [1.165, 1.54) is 18.2 Å². The normalized spacial score (nSPS) is 21.6. The number of ether oxygens (including phenoxy) is 1. The topological polar surface area (TPSA) is 60.4 Å². The molecule has 120 valence electrons. The standard InChI is InChI=1S/C16H19ClO4S/c1-11-5-3-4-6-12(11)10-21-16(18)14-9-13(22(2,19)20)7-8-15(14)17/h3-4,7-9,11-12H,5-6,10H2,1-2H3. The highest BCUT2D eigenvalue weighted by Gasteiger charge is 2.22. The molecule has 2 rings (SSSR count). The molecule has 0 saturated heterocycles. The lowest BCUT2D eigenvalue weighted by Gasteiger charge is -2.24. The lowest BCUT2D eigenvalue weighted by Crippen LogP contribution is -2.21. The van der Waals surface area contributed by atoms with Crippen molar-refractivity contribution < 1.29 is 17.9 Å². The van der Waals surface area contributed by atoms with Crippen molar-refractivity contribution in [2.75, 3.05) is 12.9 Å². The van der Waals surface area contributed by atoms with Gasteiger partial charge in [-0.05, 0) is 42.9 Å². The van der Waals surface area contributed by atoms with Crippen LogP contribution < -0.4 is 0 Å². The Morgan fingerprint density at radius 3 is 2.64 bits per heavy atom. The SMILES string of the molecule is CC1CC=CCC1COC(=O)c1cc(S(C)(=O)=O)ccc1Cl. The van der Waals surface area contributed by atoms with Gasteiger partial charge in [0.25, 0.3) is 0 Å². The van der Waals surface area contributed by atoms with Gasteiger partial charge < -0.3 is 4.74 Å². The maximum atomic E-state index is 12.2. The van der Waals surface area contributed by atoms with Gasteiger partial charge in [-0.1, -0.05) is 30.7 Å². The minimum absolute atomic E-state index is 0.0535. The number of carbonyl (C=O) groups is 1. The molecule has 0 aromatic heterocycles. The highest BCUT2D eigenvalue weighted by atomic mass is 35.5. The predicted molar refractivity (Wildman–Crippen MR) is 85.9 cm³/mol. The molecule has 2 unspecified atom stereocenters. The van der Waals surface area contributed by atoms with E-state index in [2.05, 4.69) is 19.1 Å². The van der Waals surface area contributed by atoms with E-state index in [0.29, 0.717) is 12.5 Å². The fraction of sp³-hybridized carbons (Fsp3) is 0.438. The Balaban J connectivity index is 2.11. The summed E-state index contributed by atoms with van der Waals surface area (Å²) in [6.45, 7) is 2.43. The van der Waals surface area contributed by atoms with E-state index in [0.717, 1.165) is 19.1 Å². The van der Waals surface area contributed by atoms with Crippen LogP contribution in [0.25, 0.3) is 0 Å². The van der Waals surface area contributed by atoms with Crippen LogP contribution >= 0.6 is 11.6 Å². The molecule has 1 aromatic carbocycles. The van der Waals surface area contributed by atoms with Crippen LogP contribution in [0.2, 0.25) is 5.02 Å². The molecule has 0 fully saturated rings. The smallest absolute Gasteiger partial charge is 0.339 e. The lowest BCUT2D eigenvalue weighted by molar-refractivity contribution is 0.0395. The molecule has 4 nitrogen and oxygen atoms in total. The molecule has 0 bridgehead atoms. The van der Waals surface area contributed by atoms with Crippen LogP contribution in [0, 0.1) is 11.8 Å². The number of allylic oxidation sites excluding steroid dienone is 2. The van der Waals surface area contributed by atoms with E-state index in [9.17, 15) is 13.2 Å². The molecule has 0 heterocycles. The van der Waals surface area contributed by atoms with Crippen molar-refractivity contribution in [1.82, 2.24) is 0 Å². The largest absolute Gasteiger partial charge is 0.462 e. The van der Waals surface area contributed by atoms with Crippen molar-refractivity contribution in [2.24, 2.45) is 11.8 Å². The molecule has 0 saturated carbocycles. The van der Waals surface area contributed by atoms with Crippen LogP contribution in [-0.2, 0) is 14.6 Å². The summed E-state index contributed by atoms with van der Waals surface area (Å²) in [5.41, 5.74) is 0.0867. The van der Waals surface area contributed by atoms with Crippen LogP contribution in [-0.4, -0.2) is 27.2 Å². The average Bonchev–Trinajstić information content (AvgIpc) is 2.45. The van der Waals surface area contributed by atoms with Crippen molar-refractivity contribution in [3.8, 4) is 0 Å². The van der Waals surface area contributed by atoms with Gasteiger partial charge in [0.15, 0.2) is 9.84 Å². The Bertz CT molecular complexity index is 694. The number of sulfone groups is 1. The number of hydrogen-bond acceptors (Lipinski definition) is 4. The van der Waals surface area contributed by atoms with E-state index in [1.807, 2.05) is 0 Å². The number of rotatable bonds is 4. The van der Waals surface area contributed by atoms with Crippen molar-refractivity contribution >= 4 is 27.4 Å². The fourth-order valence-electron chi connectivity index (χ4n) is 2.39. The maximum Gasteiger partial charge on any atom is 0.339 e. The summed E-state index contributed by atoms with van der Waals surface area (Å²) in [6, 6.07) is 4.05. The van der Waals surface area contributed by atoms with Crippen LogP contribution in [0.5, 0.6) is 0 Å². The van der Waals surface area contributed by atoms with Crippen LogP contribution in [0.4, 0.5) is 0 Å². The number of esters is 1. The molecule has 22 heavy (non-hydrogen) atoms. The second kappa shape index (κ2) is 6.84. The molecule has 0 aliphatic heterocycles. The Labute approximate surface area is 136 Å². The van der Waals surface area contributed by atoms with E-state index in [1.54, 1.807) is 0 Å². The first-order valence-electron chi connectivity index (χ1n) is 7.10. The number of benzene rings is 1. The second-order valence-corrected chi connectivity index (χ2v) is 8.12. The molecule has 0 amide bonds. The predicted octanol–water partition coefficient (Wildman–Crippen LogP) is 3.50. The summed E-state index contributed by atoms with van der Waals surface area (Å²) in [7, 11) is -3.40. The summed E-state index contributed by atoms with van der Waals surface area (Å²) < 4.78 is 28.5. The van der Waals surface area contributed by atoms with Crippen molar-refractivity contribution in [3.63, 3.8) is 0 Å². The maximum absolute atomic E-state index is 12.2. The van der Waals surface area contributed by atoms with Gasteiger partial charge in [-0.3, -0.25) is 0 Å². The zero-order valence-electron chi connectivity index (χ0n) is 12.6. The summed E-state index contributed by atoms with van der Waals surface area (Å²) in [6.07, 6.45) is 7.17. The van der Waals surface area contributed by atoms with E-state index in [-0.39, 0.29) is 21.4 Å². The van der Waals surface area contributed by atoms with E-state index in [4.69, 9.17) is 16.3 Å². The Hall–Kier alpha value is -1.33. The first-order valence-corrected chi connectivity index (χ1v) is 9.37. The zero-order valence-corrected chi connectivity index (χ0v) is 14.2. The van der Waals surface area contributed by atoms with Gasteiger partial charge in [-0.2, -0.15) is 0 Å². The first-order chi connectivity index (χ1) is 10.3. The summed E-state index contributed by atoms with van der Waals surface area (Å²) >= 11 is 5.98. The first kappa shape index (κ1) is 17.0. The summed E-state index contributed by atoms with van der Waals surface area (Å²) in [4.78, 5) is 12.2. The van der Waals surface area contributed by atoms with Crippen LogP contribution in [0.15, 0.2) is 35.2 Å². The molecule has 1 aliphatic rings. The van der Waals surface area contributed by atoms with E-state index < -0.39 is 15.8 Å². The molecule has 1 aliphatic carbocycles. The monoisotopic (exact) mass is 342 g/mol. The quantitative estimate of drug-likeness (QED) is 0.620. The van der Waals surface area contributed by atoms with E-state index >= 15 is 0 Å². The summed E-state index contributed by atoms with van der Waals surface area (Å²) in [5.74, 6) is 0.152. The molecule has 6 heteroatoms. The van der Waals surface area contributed by atoms with Gasteiger partial charge in [0.2, 0.25) is 0 Å². The molecule has 0 N–H and O–H groups in total. The Morgan fingerprint density at radius 2 is 2.00 bits per heavy atom. The number of carbonyl (C=O) groups excluding carboxylic acids is 1. The van der Waals surface area contributed by atoms with Gasteiger partial charge in [0.05, 0.1) is 22.1 Å². The van der Waals surface area contributed by atoms with Crippen molar-refractivity contribution in [2.45, 2.75) is 24.7 Å². The van der Waals surface area contributed by atoms with Gasteiger partial charge >= 0.3 is 5.97 Å². The highest BCUT2D eigenvalue weighted by Crippen LogP contribution is 2.26. The lowest BCUT2D eigenvalue weighted by atomic mass is 9.85. The molecule has 0 radical (unpaired) electrons. The molecular formula is C16H19ClO4S. The van der Waals surface area contributed by atoms with Gasteiger partial charge in [-0.25, -0.2) is 13.2 Å². The molecular weight excluding hydrogens is 324 g/mol. The number of hydrogen-bond donors (Lipinski definition) is 0. The third-order valence-corrected chi connectivity index (χ3v) is 5.37. The van der Waals surface area contributed by atoms with Gasteiger partial charge in [0.1, 0.15) is 0 Å². The Morgan fingerprint density at radius 1 is 1.32 bits per heavy atom. The molecule has 0 spiro atoms. The number of halogens is 1. The third kappa shape index (κ3) is 4.11. The second-order valence-electron chi connectivity index (χ2n) is 5.69. The third-order valence-electron chi connectivity index (χ3n) is 3.93. The fourth-order valence-corrected chi connectivity index (χ4v) is 3.23. The van der Waals surface area contributed by atoms with Gasteiger partial charge in [-0.15, -0.1) is 0 Å².